The van der Waals surface area contributed by atoms with Crippen molar-refractivity contribution in [2.75, 3.05) is 20.0 Å². The Morgan fingerprint density at radius 1 is 1.40 bits per heavy atom. The smallest absolute Gasteiger partial charge is 0.251 e. The van der Waals surface area contributed by atoms with Crippen molar-refractivity contribution in [1.82, 2.24) is 10.3 Å². The third kappa shape index (κ3) is 3.06. The van der Waals surface area contributed by atoms with Crippen molar-refractivity contribution in [2.24, 2.45) is 0 Å². The van der Waals surface area contributed by atoms with E-state index in [9.17, 15) is 4.79 Å². The van der Waals surface area contributed by atoms with E-state index >= 15 is 0 Å². The van der Waals surface area contributed by atoms with Gasteiger partial charge in [0.2, 0.25) is 0 Å². The molecule has 108 valence electrons. The number of hydrogen-bond acceptors (Lipinski definition) is 6. The second-order valence-electron chi connectivity index (χ2n) is 4.34. The van der Waals surface area contributed by atoms with Crippen LogP contribution >= 0.6 is 11.3 Å². The summed E-state index contributed by atoms with van der Waals surface area (Å²) in [5.74, 6) is -0.189. The monoisotopic (exact) mass is 295 g/mol. The number of aromatic nitrogens is 1. The van der Waals surface area contributed by atoms with E-state index in [2.05, 4.69) is 10.3 Å². The highest BCUT2D eigenvalue weighted by Gasteiger charge is 2.19. The number of nitrogens with two attached hydrogens (primary N) is 1. The molecule has 0 aliphatic carbocycles. The maximum Gasteiger partial charge on any atom is 0.251 e. The molecule has 0 saturated carbocycles. The number of benzene rings is 1. The van der Waals surface area contributed by atoms with E-state index in [1.165, 1.54) is 25.6 Å². The van der Waals surface area contributed by atoms with E-state index in [0.717, 1.165) is 10.2 Å². The number of carbonyl (C=O) groups is 1. The Labute approximate surface area is 120 Å². The van der Waals surface area contributed by atoms with Gasteiger partial charge in [0.1, 0.15) is 0 Å². The fourth-order valence-corrected chi connectivity index (χ4v) is 2.72. The maximum absolute atomic E-state index is 12.2. The zero-order valence-corrected chi connectivity index (χ0v) is 12.4. The summed E-state index contributed by atoms with van der Waals surface area (Å²) >= 11 is 1.36. The highest BCUT2D eigenvalue weighted by molar-refractivity contribution is 7.22. The number of fused-ring (bicyclic) bond motifs is 1. The first-order valence-electron chi connectivity index (χ1n) is 6.07. The molecule has 1 aromatic heterocycles. The fraction of sp³-hybridized carbons (Fsp3) is 0.385. The number of rotatable bonds is 5. The molecule has 6 nitrogen and oxygen atoms in total. The molecule has 1 unspecified atom stereocenters. The van der Waals surface area contributed by atoms with Gasteiger partial charge in [0.15, 0.2) is 11.4 Å². The maximum atomic E-state index is 12.2. The molecular weight excluding hydrogens is 278 g/mol. The Morgan fingerprint density at radius 3 is 2.75 bits per heavy atom. The van der Waals surface area contributed by atoms with Crippen LogP contribution in [0.4, 0.5) is 5.13 Å². The van der Waals surface area contributed by atoms with Gasteiger partial charge in [0.05, 0.1) is 16.3 Å². The standard InChI is InChI=1S/C13H17N3O3S/c1-7(12(18-2)19-3)15-11(17)8-4-5-9-10(6-8)20-13(14)16-9/h4-7,12H,1-3H3,(H2,14,16)(H,15,17). The van der Waals surface area contributed by atoms with Crippen molar-refractivity contribution in [3.05, 3.63) is 23.8 Å². The van der Waals surface area contributed by atoms with E-state index in [1.54, 1.807) is 18.2 Å². The molecule has 0 aliphatic heterocycles. The number of nitrogens with zero attached hydrogens (tertiary/aromatic N) is 1. The number of ether oxygens (including phenoxy) is 2. The Balaban J connectivity index is 2.14. The molecule has 2 rings (SSSR count). The molecule has 0 saturated heterocycles. The summed E-state index contributed by atoms with van der Waals surface area (Å²) in [6, 6.07) is 5.02. The summed E-state index contributed by atoms with van der Waals surface area (Å²) in [4.78, 5) is 16.3. The van der Waals surface area contributed by atoms with E-state index in [0.29, 0.717) is 10.7 Å². The summed E-state index contributed by atoms with van der Waals surface area (Å²) < 4.78 is 11.1. The molecule has 0 fully saturated rings. The van der Waals surface area contributed by atoms with Gasteiger partial charge >= 0.3 is 0 Å². The average molecular weight is 295 g/mol. The van der Waals surface area contributed by atoms with Crippen LogP contribution in [0.2, 0.25) is 0 Å². The molecule has 1 heterocycles. The Kier molecular flexibility index (Phi) is 4.53. The Morgan fingerprint density at radius 2 is 2.10 bits per heavy atom. The Bertz CT molecular complexity index is 610. The van der Waals surface area contributed by atoms with Crippen LogP contribution in [0.1, 0.15) is 17.3 Å². The highest BCUT2D eigenvalue weighted by atomic mass is 32.1. The van der Waals surface area contributed by atoms with E-state index in [4.69, 9.17) is 15.2 Å². The van der Waals surface area contributed by atoms with Gasteiger partial charge in [0, 0.05) is 19.8 Å². The minimum atomic E-state index is -0.485. The normalized spacial score (nSPS) is 12.8. The lowest BCUT2D eigenvalue weighted by Gasteiger charge is -2.22. The van der Waals surface area contributed by atoms with Crippen molar-refractivity contribution < 1.29 is 14.3 Å². The summed E-state index contributed by atoms with van der Waals surface area (Å²) in [5.41, 5.74) is 7.00. The second kappa shape index (κ2) is 6.17. The average Bonchev–Trinajstić information content (AvgIpc) is 2.78. The van der Waals surface area contributed by atoms with Gasteiger partial charge in [-0.3, -0.25) is 4.79 Å². The molecular formula is C13H17N3O3S. The number of methoxy groups -OCH3 is 2. The highest BCUT2D eigenvalue weighted by Crippen LogP contribution is 2.24. The molecule has 0 spiro atoms. The zero-order chi connectivity index (χ0) is 14.7. The van der Waals surface area contributed by atoms with Gasteiger partial charge < -0.3 is 20.5 Å². The SMILES string of the molecule is COC(OC)C(C)NC(=O)c1ccc2nc(N)sc2c1. The fourth-order valence-electron chi connectivity index (χ4n) is 1.95. The second-order valence-corrected chi connectivity index (χ2v) is 5.40. The molecule has 3 N–H and O–H groups in total. The third-order valence-corrected chi connectivity index (χ3v) is 3.75. The van der Waals surface area contributed by atoms with Crippen molar-refractivity contribution >= 4 is 32.6 Å². The molecule has 2 aromatic rings. The topological polar surface area (TPSA) is 86.5 Å². The van der Waals surface area contributed by atoms with E-state index in [1.807, 2.05) is 6.92 Å². The number of thiazole rings is 1. The number of hydrogen-bond donors (Lipinski definition) is 2. The van der Waals surface area contributed by atoms with E-state index in [-0.39, 0.29) is 11.9 Å². The van der Waals surface area contributed by atoms with Crippen LogP contribution in [0, 0.1) is 0 Å². The van der Waals surface area contributed by atoms with Crippen molar-refractivity contribution in [3.63, 3.8) is 0 Å². The van der Waals surface area contributed by atoms with Gasteiger partial charge in [-0.15, -0.1) is 0 Å². The number of nitrogens with one attached hydrogen (secondary N) is 1. The van der Waals surface area contributed by atoms with Crippen molar-refractivity contribution in [1.29, 1.82) is 0 Å². The number of nitrogen functional groups attached to an aromatic ring is 1. The molecule has 1 amide bonds. The Hall–Kier alpha value is -1.70. The lowest BCUT2D eigenvalue weighted by atomic mass is 10.2. The van der Waals surface area contributed by atoms with Crippen LogP contribution in [0.3, 0.4) is 0 Å². The van der Waals surface area contributed by atoms with Crippen LogP contribution in [0.25, 0.3) is 10.2 Å². The van der Waals surface area contributed by atoms with Crippen molar-refractivity contribution in [2.45, 2.75) is 19.3 Å². The first kappa shape index (κ1) is 14.7. The number of carbonyl (C=O) groups excluding carboxylic acids is 1. The molecule has 20 heavy (non-hydrogen) atoms. The summed E-state index contributed by atoms with van der Waals surface area (Å²) in [6.07, 6.45) is -0.485. The molecule has 0 bridgehead atoms. The van der Waals surface area contributed by atoms with Crippen LogP contribution in [-0.4, -0.2) is 37.4 Å². The zero-order valence-electron chi connectivity index (χ0n) is 11.5. The first-order chi connectivity index (χ1) is 9.55. The summed E-state index contributed by atoms with van der Waals surface area (Å²) in [6.45, 7) is 1.82. The minimum Gasteiger partial charge on any atom is -0.375 e. The quantitative estimate of drug-likeness (QED) is 0.818. The van der Waals surface area contributed by atoms with Gasteiger partial charge in [-0.1, -0.05) is 11.3 Å². The minimum absolute atomic E-state index is 0.189. The molecule has 1 atom stereocenters. The van der Waals surface area contributed by atoms with Crippen LogP contribution in [-0.2, 0) is 9.47 Å². The van der Waals surface area contributed by atoms with Gasteiger partial charge in [0.25, 0.3) is 5.91 Å². The first-order valence-corrected chi connectivity index (χ1v) is 6.89. The lowest BCUT2D eigenvalue weighted by molar-refractivity contribution is -0.117. The van der Waals surface area contributed by atoms with Crippen molar-refractivity contribution in [3.8, 4) is 0 Å². The predicted octanol–water partition coefficient (Wildman–Crippen LogP) is 1.62. The number of amides is 1. The van der Waals surface area contributed by atoms with Gasteiger partial charge in [-0.25, -0.2) is 4.98 Å². The summed E-state index contributed by atoms with van der Waals surface area (Å²) in [5, 5.41) is 3.32. The van der Waals surface area contributed by atoms with Crippen LogP contribution in [0.5, 0.6) is 0 Å². The molecule has 7 heteroatoms. The molecule has 0 aliphatic rings. The lowest BCUT2D eigenvalue weighted by Crippen LogP contribution is -2.42. The molecule has 1 aromatic carbocycles. The third-order valence-electron chi connectivity index (χ3n) is 2.90. The molecule has 0 radical (unpaired) electrons. The number of anilines is 1. The largest absolute Gasteiger partial charge is 0.375 e. The van der Waals surface area contributed by atoms with Crippen LogP contribution < -0.4 is 11.1 Å². The van der Waals surface area contributed by atoms with Crippen LogP contribution in [0.15, 0.2) is 18.2 Å². The van der Waals surface area contributed by atoms with E-state index < -0.39 is 6.29 Å². The van der Waals surface area contributed by atoms with Gasteiger partial charge in [-0.05, 0) is 25.1 Å². The predicted molar refractivity (Wildman–Crippen MR) is 78.8 cm³/mol. The summed E-state index contributed by atoms with van der Waals surface area (Å²) in [7, 11) is 3.06. The van der Waals surface area contributed by atoms with Gasteiger partial charge in [-0.2, -0.15) is 0 Å².